The zero-order valence-corrected chi connectivity index (χ0v) is 20.5. The molecule has 3 aromatic heterocycles. The predicted octanol–water partition coefficient (Wildman–Crippen LogP) is 4.33. The molecule has 2 aliphatic rings. The SMILES string of the molecule is [2H]C([2H])([2H])C(C(=O)c1nn(-c2ccsc2)c2c1COc1cc(OC)c(-c3ccn(C)n3)cc1-2)C1(C)CNC1. The van der Waals surface area contributed by atoms with Gasteiger partial charge < -0.3 is 14.8 Å². The summed E-state index contributed by atoms with van der Waals surface area (Å²) in [7, 11) is 3.44. The highest BCUT2D eigenvalue weighted by Gasteiger charge is 2.43. The molecule has 0 bridgehead atoms. The summed E-state index contributed by atoms with van der Waals surface area (Å²) in [6.45, 7) is 0.379. The number of hydrogen-bond donors (Lipinski definition) is 1. The van der Waals surface area contributed by atoms with Gasteiger partial charge in [0, 0.05) is 69.9 Å². The van der Waals surface area contributed by atoms with E-state index in [0.717, 1.165) is 22.5 Å². The lowest BCUT2D eigenvalue weighted by atomic mass is 9.70. The molecule has 9 heteroatoms. The summed E-state index contributed by atoms with van der Waals surface area (Å²) in [5.74, 6) is -0.471. The van der Waals surface area contributed by atoms with E-state index in [-0.39, 0.29) is 12.3 Å². The van der Waals surface area contributed by atoms with E-state index in [1.807, 2.05) is 55.2 Å². The second-order valence-corrected chi connectivity index (χ2v) is 10.1. The van der Waals surface area contributed by atoms with E-state index in [4.69, 9.17) is 18.7 Å². The number of nitrogens with zero attached hydrogens (tertiary/aromatic N) is 4. The number of aryl methyl sites for hydroxylation is 1. The van der Waals surface area contributed by atoms with Crippen LogP contribution in [0.5, 0.6) is 11.5 Å². The number of fused-ring (bicyclic) bond motifs is 3. The fourth-order valence-electron chi connectivity index (χ4n) is 4.75. The number of methoxy groups -OCH3 is 1. The standard InChI is InChI=1S/C26H27N5O3S/c1-15(26(2)13-27-14-26)25(32)23-19-11-34-22-10-21(33-4)17(20-5-7-30(3)28-20)9-18(22)24(19)31(29-23)16-6-8-35-12-16/h5-10,12,15,27H,11,13-14H2,1-4H3/i1D3. The lowest BCUT2D eigenvalue weighted by Crippen LogP contribution is -2.56. The zero-order chi connectivity index (χ0) is 26.8. The quantitative estimate of drug-likeness (QED) is 0.404. The molecule has 0 spiro atoms. The Morgan fingerprint density at radius 2 is 2.17 bits per heavy atom. The van der Waals surface area contributed by atoms with Crippen molar-refractivity contribution in [3.8, 4) is 39.7 Å². The molecule has 1 fully saturated rings. The molecular weight excluding hydrogens is 462 g/mol. The number of ether oxygens (including phenoxy) is 2. The molecule has 0 radical (unpaired) electrons. The second-order valence-electron chi connectivity index (χ2n) is 9.34. The zero-order valence-electron chi connectivity index (χ0n) is 22.7. The van der Waals surface area contributed by atoms with Crippen molar-refractivity contribution >= 4 is 17.1 Å². The highest BCUT2D eigenvalue weighted by atomic mass is 32.1. The molecule has 180 valence electrons. The van der Waals surface area contributed by atoms with Crippen LogP contribution in [0.2, 0.25) is 0 Å². The summed E-state index contributed by atoms with van der Waals surface area (Å²) < 4.78 is 39.9. The van der Waals surface area contributed by atoms with Gasteiger partial charge >= 0.3 is 0 Å². The van der Waals surface area contributed by atoms with Gasteiger partial charge in [0.25, 0.3) is 0 Å². The molecule has 8 nitrogen and oxygen atoms in total. The van der Waals surface area contributed by atoms with Crippen molar-refractivity contribution in [3.63, 3.8) is 0 Å². The first-order valence-electron chi connectivity index (χ1n) is 12.9. The highest BCUT2D eigenvalue weighted by molar-refractivity contribution is 7.08. The van der Waals surface area contributed by atoms with Gasteiger partial charge in [-0.3, -0.25) is 9.48 Å². The summed E-state index contributed by atoms with van der Waals surface area (Å²) in [4.78, 5) is 14.0. The third-order valence-electron chi connectivity index (χ3n) is 6.90. The van der Waals surface area contributed by atoms with Crippen molar-refractivity contribution < 1.29 is 18.4 Å². The smallest absolute Gasteiger partial charge is 0.186 e. The van der Waals surface area contributed by atoms with Gasteiger partial charge in [-0.1, -0.05) is 13.8 Å². The molecule has 0 saturated carbocycles. The van der Waals surface area contributed by atoms with Gasteiger partial charge in [-0.15, -0.1) is 0 Å². The van der Waals surface area contributed by atoms with Gasteiger partial charge in [0.2, 0.25) is 0 Å². The second kappa shape index (κ2) is 8.07. The van der Waals surface area contributed by atoms with Crippen LogP contribution in [-0.2, 0) is 13.7 Å². The van der Waals surface area contributed by atoms with Crippen LogP contribution in [-0.4, -0.2) is 45.5 Å². The monoisotopic (exact) mass is 492 g/mol. The molecule has 0 aliphatic carbocycles. The van der Waals surface area contributed by atoms with Crippen LogP contribution in [0.3, 0.4) is 0 Å². The number of aromatic nitrogens is 4. The summed E-state index contributed by atoms with van der Waals surface area (Å²) in [5.41, 5.74) is 3.75. The van der Waals surface area contributed by atoms with Crippen LogP contribution in [0, 0.1) is 11.3 Å². The highest BCUT2D eigenvalue weighted by Crippen LogP contribution is 2.46. The van der Waals surface area contributed by atoms with Gasteiger partial charge in [-0.2, -0.15) is 21.5 Å². The van der Waals surface area contributed by atoms with E-state index in [9.17, 15) is 4.79 Å². The van der Waals surface area contributed by atoms with Gasteiger partial charge in [-0.25, -0.2) is 4.68 Å². The number of carbonyl (C=O) groups is 1. The Labute approximate surface area is 211 Å². The Hall–Kier alpha value is -3.43. The van der Waals surface area contributed by atoms with Crippen LogP contribution in [0.15, 0.2) is 41.2 Å². The maximum atomic E-state index is 14.0. The van der Waals surface area contributed by atoms with Gasteiger partial charge in [-0.05, 0) is 23.6 Å². The average molecular weight is 493 g/mol. The van der Waals surface area contributed by atoms with Crippen LogP contribution < -0.4 is 14.8 Å². The third-order valence-corrected chi connectivity index (χ3v) is 7.57. The maximum absolute atomic E-state index is 14.0. The van der Waals surface area contributed by atoms with Crippen LogP contribution >= 0.6 is 11.3 Å². The van der Waals surface area contributed by atoms with Crippen molar-refractivity contribution in [3.05, 3.63) is 52.5 Å². The minimum absolute atomic E-state index is 0.0856. The van der Waals surface area contributed by atoms with Crippen molar-refractivity contribution in [2.75, 3.05) is 20.2 Å². The Kier molecular flexibility index (Phi) is 4.34. The van der Waals surface area contributed by atoms with E-state index in [2.05, 4.69) is 10.4 Å². The third kappa shape index (κ3) is 3.41. The van der Waals surface area contributed by atoms with Gasteiger partial charge in [0.05, 0.1) is 24.2 Å². The minimum atomic E-state index is -2.47. The Morgan fingerprint density at radius 3 is 2.80 bits per heavy atom. The van der Waals surface area contributed by atoms with E-state index < -0.39 is 24.0 Å². The molecule has 1 atom stereocenters. The van der Waals surface area contributed by atoms with E-state index >= 15 is 0 Å². The van der Waals surface area contributed by atoms with E-state index in [1.54, 1.807) is 16.5 Å². The van der Waals surface area contributed by atoms with Gasteiger partial charge in [0.15, 0.2) is 5.78 Å². The summed E-state index contributed by atoms with van der Waals surface area (Å²) in [6.07, 6.45) is 1.85. The summed E-state index contributed by atoms with van der Waals surface area (Å²) in [6, 6.07) is 7.57. The Morgan fingerprint density at radius 1 is 1.31 bits per heavy atom. The largest absolute Gasteiger partial charge is 0.496 e. The number of Topliss-reactive ketones (excluding diaryl/α,β-unsaturated/α-hetero) is 1. The molecule has 1 N–H and O–H groups in total. The molecule has 4 aromatic rings. The topological polar surface area (TPSA) is 83.2 Å². The van der Waals surface area contributed by atoms with Crippen molar-refractivity contribution in [1.29, 1.82) is 0 Å². The number of hydrogen-bond acceptors (Lipinski definition) is 7. The predicted molar refractivity (Wildman–Crippen MR) is 134 cm³/mol. The Balaban J connectivity index is 1.57. The molecule has 35 heavy (non-hydrogen) atoms. The molecule has 5 heterocycles. The number of benzene rings is 1. The van der Waals surface area contributed by atoms with Crippen molar-refractivity contribution in [2.45, 2.75) is 20.4 Å². The molecule has 1 aromatic carbocycles. The molecule has 1 saturated heterocycles. The first-order valence-corrected chi connectivity index (χ1v) is 12.3. The van der Waals surface area contributed by atoms with Crippen molar-refractivity contribution in [1.82, 2.24) is 24.9 Å². The fraction of sp³-hybridized carbons (Fsp3) is 0.346. The number of nitrogens with one attached hydrogen (secondary N) is 1. The number of rotatable bonds is 6. The van der Waals surface area contributed by atoms with Gasteiger partial charge in [0.1, 0.15) is 23.8 Å². The molecular formula is C26H27N5O3S. The lowest BCUT2D eigenvalue weighted by molar-refractivity contribution is 0.0658. The van der Waals surface area contributed by atoms with E-state index in [0.29, 0.717) is 35.8 Å². The molecule has 2 aliphatic heterocycles. The first kappa shape index (κ1) is 18.8. The van der Waals surface area contributed by atoms with Crippen molar-refractivity contribution in [2.24, 2.45) is 18.4 Å². The lowest BCUT2D eigenvalue weighted by Gasteiger charge is -2.43. The van der Waals surface area contributed by atoms with E-state index in [1.165, 1.54) is 11.3 Å². The number of thiophene rings is 1. The average Bonchev–Trinajstić information content (AvgIpc) is 3.60. The molecule has 0 amide bonds. The maximum Gasteiger partial charge on any atom is 0.186 e. The summed E-state index contributed by atoms with van der Waals surface area (Å²) in [5, 5.41) is 16.3. The molecule has 1 unspecified atom stereocenters. The fourth-order valence-corrected chi connectivity index (χ4v) is 5.36. The normalized spacial score (nSPS) is 18.2. The summed E-state index contributed by atoms with van der Waals surface area (Å²) >= 11 is 1.51. The Bertz CT molecular complexity index is 1540. The van der Waals surface area contributed by atoms with Crippen LogP contribution in [0.1, 0.15) is 33.9 Å². The van der Waals surface area contributed by atoms with Crippen LogP contribution in [0.25, 0.3) is 28.2 Å². The molecule has 6 rings (SSSR count). The van der Waals surface area contributed by atoms with Crippen LogP contribution in [0.4, 0.5) is 0 Å². The minimum Gasteiger partial charge on any atom is -0.496 e. The number of carbonyl (C=O) groups excluding carboxylic acids is 1. The first-order chi connectivity index (χ1) is 18.1. The number of ketones is 1.